The third-order valence-corrected chi connectivity index (χ3v) is 3.70. The molecule has 3 aliphatic rings. The zero-order chi connectivity index (χ0) is 11.4. The molecule has 0 N–H and O–H groups in total. The Labute approximate surface area is 92.3 Å². The fourth-order valence-electron chi connectivity index (χ4n) is 3.03. The Morgan fingerprint density at radius 2 is 1.50 bits per heavy atom. The summed E-state index contributed by atoms with van der Waals surface area (Å²) in [7, 11) is 2.64. The van der Waals surface area contributed by atoms with E-state index >= 15 is 0 Å². The number of ether oxygens (including phenoxy) is 3. The highest BCUT2D eigenvalue weighted by Crippen LogP contribution is 2.59. The number of fused-ring (bicyclic) bond motifs is 5. The minimum atomic E-state index is -0.429. The largest absolute Gasteiger partial charge is 0.466 e. The molecule has 5 nitrogen and oxygen atoms in total. The summed E-state index contributed by atoms with van der Waals surface area (Å²) < 4.78 is 14.9. The maximum Gasteiger partial charge on any atom is 0.334 e. The van der Waals surface area contributed by atoms with Gasteiger partial charge in [-0.2, -0.15) is 0 Å². The van der Waals surface area contributed by atoms with Crippen molar-refractivity contribution in [3.05, 3.63) is 11.1 Å². The molecule has 0 spiro atoms. The van der Waals surface area contributed by atoms with Gasteiger partial charge >= 0.3 is 11.9 Å². The second kappa shape index (κ2) is 3.07. The Morgan fingerprint density at radius 1 is 1.06 bits per heavy atom. The van der Waals surface area contributed by atoms with Gasteiger partial charge in [0.1, 0.15) is 0 Å². The van der Waals surface area contributed by atoms with Gasteiger partial charge in [0.25, 0.3) is 0 Å². The number of esters is 2. The average molecular weight is 224 g/mol. The van der Waals surface area contributed by atoms with Crippen LogP contribution in [0.1, 0.15) is 6.42 Å². The molecule has 2 bridgehead atoms. The predicted octanol–water partition coefficient (Wildman–Crippen LogP) is 0.0461. The van der Waals surface area contributed by atoms with E-state index in [2.05, 4.69) is 0 Å². The highest BCUT2D eigenvalue weighted by Gasteiger charge is 2.65. The smallest absolute Gasteiger partial charge is 0.334 e. The second-order valence-corrected chi connectivity index (χ2v) is 4.32. The van der Waals surface area contributed by atoms with Crippen molar-refractivity contribution in [2.45, 2.75) is 18.6 Å². The van der Waals surface area contributed by atoms with Gasteiger partial charge in [-0.1, -0.05) is 0 Å². The molecule has 1 heterocycles. The van der Waals surface area contributed by atoms with E-state index in [9.17, 15) is 9.59 Å². The van der Waals surface area contributed by atoms with Crippen LogP contribution in [0.15, 0.2) is 11.1 Å². The molecule has 1 saturated heterocycles. The fraction of sp³-hybridized carbons (Fsp3) is 0.636. The van der Waals surface area contributed by atoms with Crippen molar-refractivity contribution < 1.29 is 23.8 Å². The molecule has 4 unspecified atom stereocenters. The van der Waals surface area contributed by atoms with Crippen LogP contribution in [0.4, 0.5) is 0 Å². The van der Waals surface area contributed by atoms with Crippen molar-refractivity contribution >= 4 is 11.9 Å². The summed E-state index contributed by atoms with van der Waals surface area (Å²) in [5, 5.41) is 0. The summed E-state index contributed by atoms with van der Waals surface area (Å²) in [6.07, 6.45) is 1.05. The van der Waals surface area contributed by atoms with Crippen LogP contribution in [0.5, 0.6) is 0 Å². The SMILES string of the molecule is COC(=O)C1=C(C(=O)OC)C2CC1C1OC21. The van der Waals surface area contributed by atoms with E-state index in [4.69, 9.17) is 14.2 Å². The predicted molar refractivity (Wildman–Crippen MR) is 51.3 cm³/mol. The van der Waals surface area contributed by atoms with Gasteiger partial charge in [0.05, 0.1) is 37.6 Å². The van der Waals surface area contributed by atoms with Gasteiger partial charge in [-0.25, -0.2) is 9.59 Å². The van der Waals surface area contributed by atoms with Gasteiger partial charge < -0.3 is 14.2 Å². The normalized spacial score (nSPS) is 38.4. The van der Waals surface area contributed by atoms with Crippen LogP contribution >= 0.6 is 0 Å². The number of methoxy groups -OCH3 is 2. The minimum Gasteiger partial charge on any atom is -0.466 e. The Morgan fingerprint density at radius 3 is 1.88 bits per heavy atom. The van der Waals surface area contributed by atoms with Gasteiger partial charge in [0, 0.05) is 11.8 Å². The summed E-state index contributed by atoms with van der Waals surface area (Å²) in [5.41, 5.74) is 0.941. The maximum atomic E-state index is 11.7. The Kier molecular flexibility index (Phi) is 1.89. The molecule has 2 aliphatic carbocycles. The molecule has 86 valence electrons. The summed E-state index contributed by atoms with van der Waals surface area (Å²) in [6.45, 7) is 0. The minimum absolute atomic E-state index is 0.0246. The summed E-state index contributed by atoms with van der Waals surface area (Å²) in [6, 6.07) is 0. The summed E-state index contributed by atoms with van der Waals surface area (Å²) in [5.74, 6) is -0.809. The molecule has 1 aliphatic heterocycles. The van der Waals surface area contributed by atoms with Gasteiger partial charge in [0.15, 0.2) is 0 Å². The first-order chi connectivity index (χ1) is 7.69. The van der Waals surface area contributed by atoms with Crippen LogP contribution in [0.2, 0.25) is 0 Å². The van der Waals surface area contributed by atoms with Crippen LogP contribution < -0.4 is 0 Å². The third-order valence-electron chi connectivity index (χ3n) is 3.70. The van der Waals surface area contributed by atoms with Gasteiger partial charge in [-0.3, -0.25) is 0 Å². The lowest BCUT2D eigenvalue weighted by Crippen LogP contribution is -2.23. The molecule has 3 rings (SSSR count). The molecular weight excluding hydrogens is 212 g/mol. The van der Waals surface area contributed by atoms with Crippen LogP contribution in [0.3, 0.4) is 0 Å². The Bertz CT molecular complexity index is 375. The lowest BCUT2D eigenvalue weighted by atomic mass is 9.92. The zero-order valence-corrected chi connectivity index (χ0v) is 9.06. The molecule has 2 fully saturated rings. The molecular formula is C11H12O5. The highest BCUT2D eigenvalue weighted by atomic mass is 16.6. The molecule has 0 aromatic carbocycles. The lowest BCUT2D eigenvalue weighted by Gasteiger charge is -2.13. The van der Waals surface area contributed by atoms with E-state index in [0.29, 0.717) is 11.1 Å². The number of carbonyl (C=O) groups is 2. The van der Waals surface area contributed by atoms with Gasteiger partial charge in [0.2, 0.25) is 0 Å². The Balaban J connectivity index is 2.03. The van der Waals surface area contributed by atoms with E-state index in [-0.39, 0.29) is 24.0 Å². The Hall–Kier alpha value is -1.36. The van der Waals surface area contributed by atoms with Crippen LogP contribution in [0, 0.1) is 11.8 Å². The molecule has 0 radical (unpaired) electrons. The van der Waals surface area contributed by atoms with E-state index < -0.39 is 11.9 Å². The van der Waals surface area contributed by atoms with Crippen molar-refractivity contribution in [1.29, 1.82) is 0 Å². The third kappa shape index (κ3) is 1.04. The maximum absolute atomic E-state index is 11.7. The molecule has 5 heteroatoms. The fourth-order valence-corrected chi connectivity index (χ4v) is 3.03. The highest BCUT2D eigenvalue weighted by molar-refractivity contribution is 6.03. The summed E-state index contributed by atoms with van der Waals surface area (Å²) in [4.78, 5) is 23.3. The van der Waals surface area contributed by atoms with Crippen LogP contribution in [-0.4, -0.2) is 38.4 Å². The van der Waals surface area contributed by atoms with E-state index in [1.165, 1.54) is 14.2 Å². The number of hydrogen-bond acceptors (Lipinski definition) is 5. The number of carbonyl (C=O) groups excluding carboxylic acids is 2. The summed E-state index contributed by atoms with van der Waals surface area (Å²) >= 11 is 0. The average Bonchev–Trinajstić information content (AvgIpc) is 2.93. The molecule has 16 heavy (non-hydrogen) atoms. The first-order valence-electron chi connectivity index (χ1n) is 5.25. The topological polar surface area (TPSA) is 65.1 Å². The van der Waals surface area contributed by atoms with E-state index in [0.717, 1.165) is 6.42 Å². The van der Waals surface area contributed by atoms with Crippen LogP contribution in [0.25, 0.3) is 0 Å². The molecule has 1 saturated carbocycles. The van der Waals surface area contributed by atoms with E-state index in [1.54, 1.807) is 0 Å². The van der Waals surface area contributed by atoms with Crippen molar-refractivity contribution in [1.82, 2.24) is 0 Å². The first kappa shape index (κ1) is 9.84. The van der Waals surface area contributed by atoms with Crippen LogP contribution in [-0.2, 0) is 23.8 Å². The lowest BCUT2D eigenvalue weighted by molar-refractivity contribution is -0.139. The number of rotatable bonds is 2. The monoisotopic (exact) mass is 224 g/mol. The zero-order valence-electron chi connectivity index (χ0n) is 9.06. The van der Waals surface area contributed by atoms with Crippen molar-refractivity contribution in [2.24, 2.45) is 11.8 Å². The first-order valence-corrected chi connectivity index (χ1v) is 5.25. The number of hydrogen-bond donors (Lipinski definition) is 0. The molecule has 0 aromatic heterocycles. The molecule has 0 aromatic rings. The van der Waals surface area contributed by atoms with E-state index in [1.807, 2.05) is 0 Å². The van der Waals surface area contributed by atoms with Crippen molar-refractivity contribution in [2.75, 3.05) is 14.2 Å². The van der Waals surface area contributed by atoms with Crippen molar-refractivity contribution in [3.8, 4) is 0 Å². The number of epoxide rings is 1. The standard InChI is InChI=1S/C11H12O5/c1-14-10(12)6-4-3-5(9-8(4)16-9)7(6)11(13)15-2/h4-5,8-9H,3H2,1-2H3. The van der Waals surface area contributed by atoms with Gasteiger partial charge in [-0.15, -0.1) is 0 Å². The van der Waals surface area contributed by atoms with Gasteiger partial charge in [-0.05, 0) is 6.42 Å². The molecule has 4 atom stereocenters. The molecule has 0 amide bonds. The quantitative estimate of drug-likeness (QED) is 0.489. The van der Waals surface area contributed by atoms with Crippen molar-refractivity contribution in [3.63, 3.8) is 0 Å². The second-order valence-electron chi connectivity index (χ2n) is 4.32.